The summed E-state index contributed by atoms with van der Waals surface area (Å²) in [5.74, 6) is 1.61. The predicted molar refractivity (Wildman–Crippen MR) is 93.7 cm³/mol. The fourth-order valence-electron chi connectivity index (χ4n) is 2.68. The first kappa shape index (κ1) is 16.7. The summed E-state index contributed by atoms with van der Waals surface area (Å²) in [6.07, 6.45) is 1.15. The lowest BCUT2D eigenvalue weighted by molar-refractivity contribution is -0.130. The number of aryl methyl sites for hydroxylation is 1. The number of nitrogens with zero attached hydrogens (tertiary/aromatic N) is 1. The molecule has 0 N–H and O–H groups in total. The zero-order valence-corrected chi connectivity index (χ0v) is 14.4. The molecule has 0 atom stereocenters. The normalized spacial score (nSPS) is 12.8. The van der Waals surface area contributed by atoms with Crippen LogP contribution < -0.4 is 9.47 Å². The molecule has 1 aliphatic heterocycles. The smallest absolute Gasteiger partial charge is 0.222 e. The maximum absolute atomic E-state index is 12.3. The predicted octanol–water partition coefficient (Wildman–Crippen LogP) is 3.70. The highest BCUT2D eigenvalue weighted by Gasteiger charge is 2.14. The molecule has 3 rings (SSSR count). The van der Waals surface area contributed by atoms with Crippen molar-refractivity contribution in [1.82, 2.24) is 4.90 Å². The van der Waals surface area contributed by atoms with E-state index in [1.165, 1.54) is 0 Å². The number of fused-ring (bicyclic) bond motifs is 1. The molecule has 0 aromatic heterocycles. The van der Waals surface area contributed by atoms with E-state index in [9.17, 15) is 4.79 Å². The monoisotopic (exact) mass is 345 g/mol. The summed E-state index contributed by atoms with van der Waals surface area (Å²) in [4.78, 5) is 14.1. The van der Waals surface area contributed by atoms with Gasteiger partial charge in [-0.05, 0) is 41.8 Å². The molecule has 0 bridgehead atoms. The number of carbonyl (C=O) groups excluding carboxylic acids is 1. The Hall–Kier alpha value is -2.20. The molecule has 0 aliphatic carbocycles. The minimum atomic E-state index is 0.102. The minimum absolute atomic E-state index is 0.102. The third kappa shape index (κ3) is 4.20. The van der Waals surface area contributed by atoms with Gasteiger partial charge in [-0.1, -0.05) is 29.8 Å². The van der Waals surface area contributed by atoms with Crippen LogP contribution >= 0.6 is 11.6 Å². The third-order valence-electron chi connectivity index (χ3n) is 3.97. The van der Waals surface area contributed by atoms with E-state index in [4.69, 9.17) is 21.1 Å². The number of carbonyl (C=O) groups is 1. The fourth-order valence-corrected chi connectivity index (χ4v) is 2.90. The molecule has 1 aliphatic rings. The summed E-state index contributed by atoms with van der Waals surface area (Å²) < 4.78 is 11.1. The number of hydrogen-bond acceptors (Lipinski definition) is 3. The van der Waals surface area contributed by atoms with Crippen LogP contribution in [0.1, 0.15) is 17.5 Å². The van der Waals surface area contributed by atoms with Crippen LogP contribution in [0.5, 0.6) is 11.5 Å². The van der Waals surface area contributed by atoms with Gasteiger partial charge in [0.25, 0.3) is 0 Å². The number of ether oxygens (including phenoxy) is 2. The molecule has 4 nitrogen and oxygen atoms in total. The fraction of sp³-hybridized carbons (Fsp3) is 0.316. The van der Waals surface area contributed by atoms with Gasteiger partial charge in [-0.3, -0.25) is 4.79 Å². The summed E-state index contributed by atoms with van der Waals surface area (Å²) >= 11 is 5.97. The van der Waals surface area contributed by atoms with Crippen molar-refractivity contribution in [3.63, 3.8) is 0 Å². The topological polar surface area (TPSA) is 38.8 Å². The molecular formula is C19H20ClNO3. The SMILES string of the molecule is CN(Cc1ccc2c(c1)OCCO2)C(=O)CCc1cccc(Cl)c1. The van der Waals surface area contributed by atoms with E-state index in [2.05, 4.69) is 0 Å². The van der Waals surface area contributed by atoms with Crippen molar-refractivity contribution in [1.29, 1.82) is 0 Å². The van der Waals surface area contributed by atoms with Gasteiger partial charge in [0.05, 0.1) is 0 Å². The van der Waals surface area contributed by atoms with Crippen LogP contribution in [0.4, 0.5) is 0 Å². The number of amides is 1. The Morgan fingerprint density at radius 1 is 1.08 bits per heavy atom. The van der Waals surface area contributed by atoms with Crippen molar-refractivity contribution < 1.29 is 14.3 Å². The Kier molecular flexibility index (Phi) is 5.26. The van der Waals surface area contributed by atoms with Crippen LogP contribution in [-0.4, -0.2) is 31.1 Å². The minimum Gasteiger partial charge on any atom is -0.486 e. The van der Waals surface area contributed by atoms with Gasteiger partial charge in [0.1, 0.15) is 13.2 Å². The van der Waals surface area contributed by atoms with Crippen molar-refractivity contribution in [3.05, 3.63) is 58.6 Å². The van der Waals surface area contributed by atoms with Gasteiger partial charge in [0.15, 0.2) is 11.5 Å². The Morgan fingerprint density at radius 3 is 2.67 bits per heavy atom. The molecule has 0 unspecified atom stereocenters. The molecule has 24 heavy (non-hydrogen) atoms. The molecule has 2 aromatic carbocycles. The molecule has 5 heteroatoms. The first-order chi connectivity index (χ1) is 11.6. The largest absolute Gasteiger partial charge is 0.486 e. The van der Waals surface area contributed by atoms with Gasteiger partial charge < -0.3 is 14.4 Å². The van der Waals surface area contributed by atoms with Crippen LogP contribution in [0.15, 0.2) is 42.5 Å². The van der Waals surface area contributed by atoms with E-state index in [1.54, 1.807) is 4.90 Å². The standard InChI is InChI=1S/C19H20ClNO3/c1-21(19(22)8-6-14-3-2-4-16(20)11-14)13-15-5-7-17-18(12-15)24-10-9-23-17/h2-5,7,11-12H,6,8-10,13H2,1H3. The van der Waals surface area contributed by atoms with E-state index < -0.39 is 0 Å². The summed E-state index contributed by atoms with van der Waals surface area (Å²) in [5, 5.41) is 0.699. The van der Waals surface area contributed by atoms with Crippen LogP contribution in [0, 0.1) is 0 Å². The Morgan fingerprint density at radius 2 is 1.88 bits per heavy atom. The van der Waals surface area contributed by atoms with E-state index in [1.807, 2.05) is 49.5 Å². The summed E-state index contributed by atoms with van der Waals surface area (Å²) in [7, 11) is 1.82. The maximum Gasteiger partial charge on any atom is 0.222 e. The van der Waals surface area contributed by atoms with Gasteiger partial charge in [-0.15, -0.1) is 0 Å². The highest BCUT2D eigenvalue weighted by Crippen LogP contribution is 2.31. The molecule has 0 saturated carbocycles. The molecule has 0 radical (unpaired) electrons. The first-order valence-corrected chi connectivity index (χ1v) is 8.36. The molecule has 1 heterocycles. The second-order valence-electron chi connectivity index (χ2n) is 5.86. The molecule has 0 fully saturated rings. The van der Waals surface area contributed by atoms with Gasteiger partial charge >= 0.3 is 0 Å². The van der Waals surface area contributed by atoms with Crippen LogP contribution in [0.3, 0.4) is 0 Å². The van der Waals surface area contributed by atoms with E-state index in [0.29, 0.717) is 37.6 Å². The quantitative estimate of drug-likeness (QED) is 0.829. The Bertz CT molecular complexity index is 732. The molecule has 0 spiro atoms. The second-order valence-corrected chi connectivity index (χ2v) is 6.29. The van der Waals surface area contributed by atoms with E-state index in [-0.39, 0.29) is 5.91 Å². The van der Waals surface area contributed by atoms with Gasteiger partial charge in [-0.2, -0.15) is 0 Å². The maximum atomic E-state index is 12.3. The van der Waals surface area contributed by atoms with Gasteiger partial charge in [0.2, 0.25) is 5.91 Å². The van der Waals surface area contributed by atoms with Crippen molar-refractivity contribution in [2.24, 2.45) is 0 Å². The summed E-state index contributed by atoms with van der Waals surface area (Å²) in [5.41, 5.74) is 2.10. The van der Waals surface area contributed by atoms with E-state index >= 15 is 0 Å². The lowest BCUT2D eigenvalue weighted by Gasteiger charge is -2.21. The highest BCUT2D eigenvalue weighted by atomic mass is 35.5. The van der Waals surface area contributed by atoms with E-state index in [0.717, 1.165) is 22.6 Å². The van der Waals surface area contributed by atoms with Gasteiger partial charge in [0, 0.05) is 25.0 Å². The molecule has 0 saturated heterocycles. The number of halogens is 1. The molecule has 126 valence electrons. The highest BCUT2D eigenvalue weighted by molar-refractivity contribution is 6.30. The average molecular weight is 346 g/mol. The average Bonchev–Trinajstić information content (AvgIpc) is 2.59. The number of rotatable bonds is 5. The summed E-state index contributed by atoms with van der Waals surface area (Å²) in [6.45, 7) is 1.68. The van der Waals surface area contributed by atoms with Crippen LogP contribution in [-0.2, 0) is 17.8 Å². The first-order valence-electron chi connectivity index (χ1n) is 7.99. The van der Waals surface area contributed by atoms with Crippen molar-refractivity contribution in [3.8, 4) is 11.5 Å². The zero-order valence-electron chi connectivity index (χ0n) is 13.6. The Labute approximate surface area is 146 Å². The molecular weight excluding hydrogens is 326 g/mol. The third-order valence-corrected chi connectivity index (χ3v) is 4.20. The van der Waals surface area contributed by atoms with Crippen molar-refractivity contribution in [2.45, 2.75) is 19.4 Å². The van der Waals surface area contributed by atoms with Crippen molar-refractivity contribution in [2.75, 3.05) is 20.3 Å². The van der Waals surface area contributed by atoms with Gasteiger partial charge in [-0.25, -0.2) is 0 Å². The number of benzene rings is 2. The number of hydrogen-bond donors (Lipinski definition) is 0. The molecule has 2 aromatic rings. The Balaban J connectivity index is 1.56. The lowest BCUT2D eigenvalue weighted by Crippen LogP contribution is -2.26. The zero-order chi connectivity index (χ0) is 16.9. The molecule has 1 amide bonds. The van der Waals surface area contributed by atoms with Crippen LogP contribution in [0.2, 0.25) is 5.02 Å². The lowest BCUT2D eigenvalue weighted by atomic mass is 10.1. The van der Waals surface area contributed by atoms with Crippen molar-refractivity contribution >= 4 is 17.5 Å². The second kappa shape index (κ2) is 7.58. The summed E-state index contributed by atoms with van der Waals surface area (Å²) in [6, 6.07) is 13.4. The van der Waals surface area contributed by atoms with Crippen LogP contribution in [0.25, 0.3) is 0 Å².